The summed E-state index contributed by atoms with van der Waals surface area (Å²) in [6.07, 6.45) is 6.55. The van der Waals surface area contributed by atoms with Gasteiger partial charge in [0.05, 0.1) is 0 Å². The van der Waals surface area contributed by atoms with Crippen molar-refractivity contribution in [3.8, 4) is 0 Å². The molecule has 21 heavy (non-hydrogen) atoms. The Bertz CT molecular complexity index is 732. The van der Waals surface area contributed by atoms with Crippen molar-refractivity contribution in [1.82, 2.24) is 14.3 Å². The predicted molar refractivity (Wildman–Crippen MR) is 81.3 cm³/mol. The van der Waals surface area contributed by atoms with E-state index in [-0.39, 0.29) is 12.1 Å². The molecule has 3 N–H and O–H groups in total. The minimum absolute atomic E-state index is 0.0245. The Morgan fingerprint density at radius 1 is 1.33 bits per heavy atom. The molecular weight excluding hydrogens is 288 g/mol. The number of nitrogens with zero attached hydrogens (tertiary/aromatic N) is 2. The lowest BCUT2D eigenvalue weighted by atomic mass is 9.92. The highest BCUT2D eigenvalue weighted by molar-refractivity contribution is 7.89. The molecule has 1 aliphatic carbocycles. The molecule has 114 valence electrons. The molecule has 3 rings (SSSR count). The summed E-state index contributed by atoms with van der Waals surface area (Å²) in [5, 5.41) is 0.636. The fourth-order valence-electron chi connectivity index (χ4n) is 2.96. The maximum Gasteiger partial charge on any atom is 0.245 e. The van der Waals surface area contributed by atoms with Gasteiger partial charge in [-0.2, -0.15) is 4.31 Å². The number of nitrogens with two attached hydrogens (primary N) is 1. The molecule has 0 spiro atoms. The third-order valence-electron chi connectivity index (χ3n) is 4.33. The highest BCUT2D eigenvalue weighted by Gasteiger charge is 2.32. The molecule has 0 atom stereocenters. The van der Waals surface area contributed by atoms with Gasteiger partial charge in [0.1, 0.15) is 10.5 Å². The van der Waals surface area contributed by atoms with Gasteiger partial charge in [-0.1, -0.05) is 0 Å². The van der Waals surface area contributed by atoms with E-state index in [1.54, 1.807) is 25.4 Å². The fraction of sp³-hybridized carbons (Fsp3) is 0.500. The zero-order valence-electron chi connectivity index (χ0n) is 12.0. The molecule has 6 nitrogen and oxygen atoms in total. The average Bonchev–Trinajstić information content (AvgIpc) is 2.92. The van der Waals surface area contributed by atoms with Crippen LogP contribution in [0.15, 0.2) is 29.4 Å². The average molecular weight is 308 g/mol. The van der Waals surface area contributed by atoms with Crippen molar-refractivity contribution in [1.29, 1.82) is 0 Å². The van der Waals surface area contributed by atoms with E-state index < -0.39 is 10.0 Å². The largest absolute Gasteiger partial charge is 0.345 e. The van der Waals surface area contributed by atoms with Crippen LogP contribution in [-0.2, 0) is 10.0 Å². The van der Waals surface area contributed by atoms with Crippen molar-refractivity contribution >= 4 is 21.1 Å². The summed E-state index contributed by atoms with van der Waals surface area (Å²) >= 11 is 0. The number of aromatic amines is 1. The van der Waals surface area contributed by atoms with Crippen LogP contribution in [-0.4, -0.2) is 41.8 Å². The van der Waals surface area contributed by atoms with Gasteiger partial charge in [0.2, 0.25) is 10.0 Å². The van der Waals surface area contributed by atoms with E-state index in [2.05, 4.69) is 9.97 Å². The van der Waals surface area contributed by atoms with Crippen LogP contribution in [0.2, 0.25) is 0 Å². The van der Waals surface area contributed by atoms with Crippen LogP contribution in [0.25, 0.3) is 11.0 Å². The maximum atomic E-state index is 12.8. The number of hydrogen-bond acceptors (Lipinski definition) is 4. The molecule has 1 fully saturated rings. The first-order valence-corrected chi connectivity index (χ1v) is 8.60. The van der Waals surface area contributed by atoms with Gasteiger partial charge in [0, 0.05) is 36.9 Å². The lowest BCUT2D eigenvalue weighted by molar-refractivity contribution is 0.269. The standard InChI is InChI=1S/C14H20N4O2S/c1-18(11-6-4-10(15)5-7-11)21(19,20)13-9-17-14-12(13)3-2-8-16-14/h2-3,8-11H,4-7,15H2,1H3,(H,16,17). The van der Waals surface area contributed by atoms with Gasteiger partial charge in [-0.3, -0.25) is 0 Å². The van der Waals surface area contributed by atoms with Crippen LogP contribution in [0, 0.1) is 0 Å². The Labute approximate surface area is 124 Å². The maximum absolute atomic E-state index is 12.8. The summed E-state index contributed by atoms with van der Waals surface area (Å²) < 4.78 is 27.2. The molecule has 7 heteroatoms. The number of sulfonamides is 1. The molecular formula is C14H20N4O2S. The highest BCUT2D eigenvalue weighted by atomic mass is 32.2. The molecule has 1 aliphatic rings. The van der Waals surface area contributed by atoms with Crippen molar-refractivity contribution in [3.05, 3.63) is 24.5 Å². The van der Waals surface area contributed by atoms with Gasteiger partial charge < -0.3 is 10.7 Å². The van der Waals surface area contributed by atoms with Crippen molar-refractivity contribution in [2.45, 2.75) is 42.7 Å². The predicted octanol–water partition coefficient (Wildman–Crippen LogP) is 1.45. The van der Waals surface area contributed by atoms with Gasteiger partial charge in [-0.15, -0.1) is 0 Å². The zero-order chi connectivity index (χ0) is 15.0. The van der Waals surface area contributed by atoms with E-state index in [1.165, 1.54) is 10.5 Å². The van der Waals surface area contributed by atoms with Crippen LogP contribution < -0.4 is 5.73 Å². The third kappa shape index (κ3) is 2.56. The van der Waals surface area contributed by atoms with Crippen LogP contribution in [0.3, 0.4) is 0 Å². The minimum Gasteiger partial charge on any atom is -0.345 e. The Morgan fingerprint density at radius 2 is 2.05 bits per heavy atom. The second-order valence-electron chi connectivity index (χ2n) is 5.64. The van der Waals surface area contributed by atoms with Crippen molar-refractivity contribution < 1.29 is 8.42 Å². The summed E-state index contributed by atoms with van der Waals surface area (Å²) in [5.74, 6) is 0. The Morgan fingerprint density at radius 3 is 2.76 bits per heavy atom. The molecule has 2 heterocycles. The molecule has 0 aromatic carbocycles. The molecule has 0 amide bonds. The third-order valence-corrected chi connectivity index (χ3v) is 6.28. The molecule has 0 bridgehead atoms. The SMILES string of the molecule is CN(C1CCC(N)CC1)S(=O)(=O)c1c[nH]c2ncccc12. The van der Waals surface area contributed by atoms with E-state index in [4.69, 9.17) is 5.73 Å². The molecule has 0 unspecified atom stereocenters. The molecule has 0 radical (unpaired) electrons. The highest BCUT2D eigenvalue weighted by Crippen LogP contribution is 2.29. The summed E-state index contributed by atoms with van der Waals surface area (Å²) in [7, 11) is -1.86. The zero-order valence-corrected chi connectivity index (χ0v) is 12.8. The quantitative estimate of drug-likeness (QED) is 0.897. The Hall–Kier alpha value is -1.44. The number of fused-ring (bicyclic) bond motifs is 1. The second-order valence-corrected chi connectivity index (χ2v) is 7.61. The number of pyridine rings is 1. The Balaban J connectivity index is 1.93. The van der Waals surface area contributed by atoms with Crippen LogP contribution in [0.4, 0.5) is 0 Å². The molecule has 0 saturated heterocycles. The van der Waals surface area contributed by atoms with Crippen molar-refractivity contribution in [2.75, 3.05) is 7.05 Å². The first-order valence-electron chi connectivity index (χ1n) is 7.16. The molecule has 2 aromatic rings. The van der Waals surface area contributed by atoms with E-state index in [0.29, 0.717) is 15.9 Å². The molecule has 0 aliphatic heterocycles. The van der Waals surface area contributed by atoms with Gasteiger partial charge >= 0.3 is 0 Å². The summed E-state index contributed by atoms with van der Waals surface area (Å²) in [6.45, 7) is 0. The minimum atomic E-state index is -3.52. The van der Waals surface area contributed by atoms with Gasteiger partial charge in [0.15, 0.2) is 0 Å². The number of aromatic nitrogens is 2. The first-order chi connectivity index (χ1) is 10.00. The van der Waals surface area contributed by atoms with E-state index in [9.17, 15) is 8.42 Å². The Kier molecular flexibility index (Phi) is 3.73. The number of hydrogen-bond donors (Lipinski definition) is 2. The normalized spacial score (nSPS) is 23.8. The van der Waals surface area contributed by atoms with Crippen molar-refractivity contribution in [3.63, 3.8) is 0 Å². The van der Waals surface area contributed by atoms with Crippen LogP contribution in [0.1, 0.15) is 25.7 Å². The molecule has 2 aromatic heterocycles. The molecule has 1 saturated carbocycles. The lowest BCUT2D eigenvalue weighted by Crippen LogP contribution is -2.41. The van der Waals surface area contributed by atoms with Gasteiger partial charge in [0.25, 0.3) is 0 Å². The topological polar surface area (TPSA) is 92.1 Å². The van der Waals surface area contributed by atoms with E-state index >= 15 is 0 Å². The van der Waals surface area contributed by atoms with Crippen LogP contribution in [0.5, 0.6) is 0 Å². The summed E-state index contributed by atoms with van der Waals surface area (Å²) in [5.41, 5.74) is 6.49. The first kappa shape index (κ1) is 14.5. The number of rotatable bonds is 3. The van der Waals surface area contributed by atoms with E-state index in [1.807, 2.05) is 0 Å². The monoisotopic (exact) mass is 308 g/mol. The number of H-pyrrole nitrogens is 1. The number of nitrogens with one attached hydrogen (secondary N) is 1. The van der Waals surface area contributed by atoms with E-state index in [0.717, 1.165) is 25.7 Å². The summed E-state index contributed by atoms with van der Waals surface area (Å²) in [4.78, 5) is 7.36. The smallest absolute Gasteiger partial charge is 0.245 e. The lowest BCUT2D eigenvalue weighted by Gasteiger charge is -2.32. The van der Waals surface area contributed by atoms with Gasteiger partial charge in [-0.05, 0) is 37.8 Å². The van der Waals surface area contributed by atoms with Crippen LogP contribution >= 0.6 is 0 Å². The second kappa shape index (κ2) is 5.40. The fourth-order valence-corrected chi connectivity index (χ4v) is 4.52. The van der Waals surface area contributed by atoms with Crippen molar-refractivity contribution in [2.24, 2.45) is 5.73 Å². The summed E-state index contributed by atoms with van der Waals surface area (Å²) in [6, 6.07) is 3.75. The van der Waals surface area contributed by atoms with Gasteiger partial charge in [-0.25, -0.2) is 13.4 Å².